The SMILES string of the molecule is O[C@H](Cc1ccccc1)C1CCN(c2ccncc2)CC1. The van der Waals surface area contributed by atoms with E-state index in [0.29, 0.717) is 5.92 Å². The molecular formula is C18H22N2O. The quantitative estimate of drug-likeness (QED) is 0.936. The summed E-state index contributed by atoms with van der Waals surface area (Å²) in [6, 6.07) is 14.4. The molecule has 0 aliphatic carbocycles. The third kappa shape index (κ3) is 3.61. The van der Waals surface area contributed by atoms with Crippen molar-refractivity contribution in [3.05, 3.63) is 60.4 Å². The highest BCUT2D eigenvalue weighted by Gasteiger charge is 2.25. The Morgan fingerprint density at radius 2 is 1.71 bits per heavy atom. The number of piperidine rings is 1. The van der Waals surface area contributed by atoms with Crippen LogP contribution < -0.4 is 4.90 Å². The first kappa shape index (κ1) is 14.1. The van der Waals surface area contributed by atoms with E-state index in [2.05, 4.69) is 34.1 Å². The van der Waals surface area contributed by atoms with Gasteiger partial charge in [-0.3, -0.25) is 4.98 Å². The smallest absolute Gasteiger partial charge is 0.0610 e. The predicted octanol–water partition coefficient (Wildman–Crippen LogP) is 2.90. The molecule has 1 saturated heterocycles. The average molecular weight is 282 g/mol. The van der Waals surface area contributed by atoms with Crippen LogP contribution in [0.4, 0.5) is 5.69 Å². The molecule has 0 bridgehead atoms. The number of aliphatic hydroxyl groups is 1. The Balaban J connectivity index is 1.53. The molecule has 1 aromatic carbocycles. The van der Waals surface area contributed by atoms with Gasteiger partial charge in [0.1, 0.15) is 0 Å². The zero-order valence-electron chi connectivity index (χ0n) is 12.2. The minimum atomic E-state index is -0.230. The summed E-state index contributed by atoms with van der Waals surface area (Å²) in [7, 11) is 0. The van der Waals surface area contributed by atoms with Crippen molar-refractivity contribution >= 4 is 5.69 Å². The first-order chi connectivity index (χ1) is 10.3. The largest absolute Gasteiger partial charge is 0.392 e. The number of aromatic nitrogens is 1. The summed E-state index contributed by atoms with van der Waals surface area (Å²) in [4.78, 5) is 6.45. The third-order valence-corrected chi connectivity index (χ3v) is 4.40. The number of rotatable bonds is 4. The summed E-state index contributed by atoms with van der Waals surface area (Å²) >= 11 is 0. The highest BCUT2D eigenvalue weighted by Crippen LogP contribution is 2.26. The van der Waals surface area contributed by atoms with E-state index in [1.165, 1.54) is 11.3 Å². The Kier molecular flexibility index (Phi) is 4.51. The zero-order valence-corrected chi connectivity index (χ0v) is 12.2. The van der Waals surface area contributed by atoms with Gasteiger partial charge in [0.2, 0.25) is 0 Å². The van der Waals surface area contributed by atoms with Crippen LogP contribution in [-0.2, 0) is 6.42 Å². The van der Waals surface area contributed by atoms with E-state index in [1.54, 1.807) is 0 Å². The fourth-order valence-electron chi connectivity index (χ4n) is 3.12. The minimum Gasteiger partial charge on any atom is -0.392 e. The van der Waals surface area contributed by atoms with Gasteiger partial charge in [-0.05, 0) is 42.9 Å². The third-order valence-electron chi connectivity index (χ3n) is 4.40. The minimum absolute atomic E-state index is 0.230. The summed E-state index contributed by atoms with van der Waals surface area (Å²) < 4.78 is 0. The Bertz CT molecular complexity index is 536. The Hall–Kier alpha value is -1.87. The average Bonchev–Trinajstić information content (AvgIpc) is 2.57. The Morgan fingerprint density at radius 3 is 2.38 bits per heavy atom. The number of hydrogen-bond donors (Lipinski definition) is 1. The number of nitrogens with zero attached hydrogens (tertiary/aromatic N) is 2. The molecule has 0 unspecified atom stereocenters. The summed E-state index contributed by atoms with van der Waals surface area (Å²) in [6.45, 7) is 2.03. The standard InChI is InChI=1S/C18H22N2O/c21-18(14-15-4-2-1-3-5-15)16-8-12-20(13-9-16)17-6-10-19-11-7-17/h1-7,10-11,16,18,21H,8-9,12-14H2/t18-/m1/s1. The molecule has 1 aliphatic rings. The van der Waals surface area contributed by atoms with Crippen molar-refractivity contribution in [3.63, 3.8) is 0 Å². The summed E-state index contributed by atoms with van der Waals surface area (Å²) in [6.07, 6.45) is 6.32. The molecule has 2 aromatic rings. The molecule has 3 rings (SSSR count). The van der Waals surface area contributed by atoms with E-state index in [1.807, 2.05) is 30.6 Å². The van der Waals surface area contributed by atoms with Crippen molar-refractivity contribution in [1.29, 1.82) is 0 Å². The maximum absolute atomic E-state index is 10.5. The van der Waals surface area contributed by atoms with Crippen LogP contribution in [0.2, 0.25) is 0 Å². The number of benzene rings is 1. The Morgan fingerprint density at radius 1 is 1.05 bits per heavy atom. The van der Waals surface area contributed by atoms with Gasteiger partial charge in [-0.25, -0.2) is 0 Å². The second kappa shape index (κ2) is 6.72. The van der Waals surface area contributed by atoms with Crippen LogP contribution >= 0.6 is 0 Å². The van der Waals surface area contributed by atoms with E-state index in [9.17, 15) is 5.11 Å². The van der Waals surface area contributed by atoms with Crippen molar-refractivity contribution in [2.45, 2.75) is 25.4 Å². The van der Waals surface area contributed by atoms with Gasteiger partial charge in [0.15, 0.2) is 0 Å². The maximum Gasteiger partial charge on any atom is 0.0610 e. The summed E-state index contributed by atoms with van der Waals surface area (Å²) in [5.41, 5.74) is 2.46. The molecule has 3 nitrogen and oxygen atoms in total. The van der Waals surface area contributed by atoms with Gasteiger partial charge < -0.3 is 10.0 Å². The lowest BCUT2D eigenvalue weighted by molar-refractivity contribution is 0.0930. The van der Waals surface area contributed by atoms with Crippen LogP contribution in [0.1, 0.15) is 18.4 Å². The molecule has 110 valence electrons. The molecule has 1 fully saturated rings. The monoisotopic (exact) mass is 282 g/mol. The molecule has 1 aromatic heterocycles. The van der Waals surface area contributed by atoms with Gasteiger partial charge in [-0.15, -0.1) is 0 Å². The molecule has 3 heteroatoms. The molecule has 0 spiro atoms. The first-order valence-electron chi connectivity index (χ1n) is 7.70. The van der Waals surface area contributed by atoms with Crippen LogP contribution in [0.25, 0.3) is 0 Å². The summed E-state index contributed by atoms with van der Waals surface area (Å²) in [5.74, 6) is 0.406. The number of pyridine rings is 1. The topological polar surface area (TPSA) is 36.4 Å². The van der Waals surface area contributed by atoms with Gasteiger partial charge in [0, 0.05) is 31.2 Å². The molecule has 2 heterocycles. The fraction of sp³-hybridized carbons (Fsp3) is 0.389. The molecular weight excluding hydrogens is 260 g/mol. The fourth-order valence-corrected chi connectivity index (χ4v) is 3.12. The summed E-state index contributed by atoms with van der Waals surface area (Å²) in [5, 5.41) is 10.5. The highest BCUT2D eigenvalue weighted by atomic mass is 16.3. The molecule has 1 N–H and O–H groups in total. The van der Waals surface area contributed by atoms with E-state index in [4.69, 9.17) is 0 Å². The van der Waals surface area contributed by atoms with Gasteiger partial charge in [-0.1, -0.05) is 30.3 Å². The van der Waals surface area contributed by atoms with Crippen LogP contribution in [0, 0.1) is 5.92 Å². The first-order valence-corrected chi connectivity index (χ1v) is 7.70. The normalized spacial score (nSPS) is 17.7. The van der Waals surface area contributed by atoms with Crippen molar-refractivity contribution in [2.24, 2.45) is 5.92 Å². The predicted molar refractivity (Wildman–Crippen MR) is 85.3 cm³/mol. The van der Waals surface area contributed by atoms with E-state index < -0.39 is 0 Å². The second-order valence-corrected chi connectivity index (χ2v) is 5.79. The second-order valence-electron chi connectivity index (χ2n) is 5.79. The number of aliphatic hydroxyl groups excluding tert-OH is 1. The molecule has 0 radical (unpaired) electrons. The van der Waals surface area contributed by atoms with E-state index >= 15 is 0 Å². The van der Waals surface area contributed by atoms with Gasteiger partial charge in [-0.2, -0.15) is 0 Å². The number of anilines is 1. The highest BCUT2D eigenvalue weighted by molar-refractivity contribution is 5.44. The Labute approximate surface area is 126 Å². The van der Waals surface area contributed by atoms with Crippen LogP contribution in [0.3, 0.4) is 0 Å². The van der Waals surface area contributed by atoms with Crippen molar-refractivity contribution < 1.29 is 5.11 Å². The lowest BCUT2D eigenvalue weighted by Crippen LogP contribution is -2.38. The molecule has 1 aliphatic heterocycles. The number of hydrogen-bond acceptors (Lipinski definition) is 3. The lowest BCUT2D eigenvalue weighted by atomic mass is 9.88. The van der Waals surface area contributed by atoms with Crippen LogP contribution in [0.15, 0.2) is 54.9 Å². The van der Waals surface area contributed by atoms with Gasteiger partial charge >= 0.3 is 0 Å². The molecule has 0 saturated carbocycles. The zero-order chi connectivity index (χ0) is 14.5. The van der Waals surface area contributed by atoms with Crippen molar-refractivity contribution in [2.75, 3.05) is 18.0 Å². The van der Waals surface area contributed by atoms with Gasteiger partial charge in [0.05, 0.1) is 6.10 Å². The molecule has 1 atom stereocenters. The van der Waals surface area contributed by atoms with Crippen molar-refractivity contribution in [3.8, 4) is 0 Å². The lowest BCUT2D eigenvalue weighted by Gasteiger charge is -2.35. The van der Waals surface area contributed by atoms with Crippen LogP contribution in [-0.4, -0.2) is 29.3 Å². The van der Waals surface area contributed by atoms with Crippen molar-refractivity contribution in [1.82, 2.24) is 4.98 Å². The molecule has 21 heavy (non-hydrogen) atoms. The van der Waals surface area contributed by atoms with E-state index in [-0.39, 0.29) is 6.10 Å². The van der Waals surface area contributed by atoms with Gasteiger partial charge in [0.25, 0.3) is 0 Å². The van der Waals surface area contributed by atoms with Crippen LogP contribution in [0.5, 0.6) is 0 Å². The molecule has 0 amide bonds. The maximum atomic E-state index is 10.5. The van der Waals surface area contributed by atoms with E-state index in [0.717, 1.165) is 32.4 Å².